The van der Waals surface area contributed by atoms with Crippen LogP contribution in [0.1, 0.15) is 12.5 Å². The molecule has 0 aliphatic carbocycles. The monoisotopic (exact) mass is 333 g/mol. The Hall–Kier alpha value is -2.21. The maximum atomic E-state index is 12.9. The average Bonchev–Trinajstić information content (AvgIpc) is 3.07. The summed E-state index contributed by atoms with van der Waals surface area (Å²) in [6, 6.07) is 11.8. The average molecular weight is 333 g/mol. The van der Waals surface area contributed by atoms with Crippen molar-refractivity contribution < 1.29 is 19.1 Å². The summed E-state index contributed by atoms with van der Waals surface area (Å²) in [7, 11) is 0. The third kappa shape index (κ3) is 4.16. The molecule has 0 fully saturated rings. The summed E-state index contributed by atoms with van der Waals surface area (Å²) in [6.07, 6.45) is 1.91. The van der Waals surface area contributed by atoms with E-state index in [-0.39, 0.29) is 11.8 Å². The molecule has 0 saturated heterocycles. The predicted octanol–water partition coefficient (Wildman–Crippen LogP) is 2.87. The number of hydrogen-bond acceptors (Lipinski definition) is 4. The Bertz CT molecular complexity index is 642. The van der Waals surface area contributed by atoms with E-state index < -0.39 is 17.9 Å². The van der Waals surface area contributed by atoms with Crippen LogP contribution in [-0.4, -0.2) is 28.8 Å². The molecule has 0 spiro atoms. The fraction of sp³-hybridized carbons (Fsp3) is 0.294. The number of aliphatic carboxylic acids is 1. The van der Waals surface area contributed by atoms with E-state index in [9.17, 15) is 14.7 Å². The van der Waals surface area contributed by atoms with Crippen molar-refractivity contribution in [3.05, 3.63) is 54.3 Å². The number of hydrogen-bond donors (Lipinski definition) is 2. The first-order valence-corrected chi connectivity index (χ1v) is 7.92. The van der Waals surface area contributed by atoms with Crippen molar-refractivity contribution in [2.24, 2.45) is 5.92 Å². The number of carboxylic acid groups (broad SMARTS) is 1. The second-order valence-electron chi connectivity index (χ2n) is 5.24. The highest BCUT2D eigenvalue weighted by Gasteiger charge is 2.33. The lowest BCUT2D eigenvalue weighted by Gasteiger charge is -2.27. The number of thiol groups is 1. The summed E-state index contributed by atoms with van der Waals surface area (Å²) in [5, 5.41) is 9.29. The molecule has 0 aliphatic heterocycles. The van der Waals surface area contributed by atoms with Crippen molar-refractivity contribution in [2.45, 2.75) is 19.4 Å². The summed E-state index contributed by atoms with van der Waals surface area (Å²) >= 11 is 4.27. The number of rotatable bonds is 7. The SMILES string of the molecule is C[C@@H](C(=O)O)N(C(=O)C(CS)Cc1ccccc1)c1ccco1. The van der Waals surface area contributed by atoms with Gasteiger partial charge in [0.15, 0.2) is 0 Å². The first-order valence-electron chi connectivity index (χ1n) is 7.28. The predicted molar refractivity (Wildman–Crippen MR) is 90.8 cm³/mol. The van der Waals surface area contributed by atoms with Gasteiger partial charge in [-0.2, -0.15) is 12.6 Å². The van der Waals surface area contributed by atoms with Crippen LogP contribution in [0, 0.1) is 5.92 Å². The van der Waals surface area contributed by atoms with E-state index in [1.807, 2.05) is 30.3 Å². The molecule has 23 heavy (non-hydrogen) atoms. The fourth-order valence-corrected chi connectivity index (χ4v) is 2.62. The van der Waals surface area contributed by atoms with E-state index in [0.717, 1.165) is 5.56 Å². The van der Waals surface area contributed by atoms with Gasteiger partial charge in [0.1, 0.15) is 6.04 Å². The van der Waals surface area contributed by atoms with Gasteiger partial charge in [0.25, 0.3) is 0 Å². The number of carboxylic acids is 1. The summed E-state index contributed by atoms with van der Waals surface area (Å²) in [6.45, 7) is 1.46. The Labute approximate surface area is 140 Å². The lowest BCUT2D eigenvalue weighted by atomic mass is 9.99. The van der Waals surface area contributed by atoms with Crippen LogP contribution in [0.2, 0.25) is 0 Å². The second-order valence-corrected chi connectivity index (χ2v) is 5.61. The van der Waals surface area contributed by atoms with Gasteiger partial charge in [-0.05, 0) is 25.0 Å². The Morgan fingerprint density at radius 3 is 2.43 bits per heavy atom. The molecule has 1 unspecified atom stereocenters. The van der Waals surface area contributed by atoms with E-state index in [4.69, 9.17) is 4.42 Å². The Morgan fingerprint density at radius 1 is 1.22 bits per heavy atom. The molecule has 5 nitrogen and oxygen atoms in total. The molecule has 2 aromatic rings. The molecular weight excluding hydrogens is 314 g/mol. The standard InChI is InChI=1S/C17H19NO4S/c1-12(17(20)21)18(15-8-5-9-22-15)16(19)14(11-23)10-13-6-3-2-4-7-13/h2-9,12,14,23H,10-11H2,1H3,(H,20,21)/t12-,14?/m0/s1. The molecule has 6 heteroatoms. The number of furan rings is 1. The van der Waals surface area contributed by atoms with Crippen molar-refractivity contribution in [2.75, 3.05) is 10.7 Å². The van der Waals surface area contributed by atoms with Crippen LogP contribution in [0.3, 0.4) is 0 Å². The van der Waals surface area contributed by atoms with Gasteiger partial charge >= 0.3 is 5.97 Å². The number of amides is 1. The summed E-state index contributed by atoms with van der Waals surface area (Å²) in [5.41, 5.74) is 1.00. The van der Waals surface area contributed by atoms with Gasteiger partial charge in [-0.3, -0.25) is 9.69 Å². The fourth-order valence-electron chi connectivity index (χ4n) is 2.33. The lowest BCUT2D eigenvalue weighted by molar-refractivity contribution is -0.140. The minimum atomic E-state index is -1.09. The maximum Gasteiger partial charge on any atom is 0.326 e. The lowest BCUT2D eigenvalue weighted by Crippen LogP contribution is -2.47. The molecular formula is C17H19NO4S. The number of carbonyl (C=O) groups is 2. The van der Waals surface area contributed by atoms with Crippen molar-refractivity contribution in [3.63, 3.8) is 0 Å². The van der Waals surface area contributed by atoms with E-state index in [0.29, 0.717) is 12.2 Å². The third-order valence-corrected chi connectivity index (χ3v) is 4.06. The van der Waals surface area contributed by atoms with Crippen LogP contribution in [-0.2, 0) is 16.0 Å². The minimum absolute atomic E-state index is 0.227. The van der Waals surface area contributed by atoms with Crippen molar-refractivity contribution in [3.8, 4) is 0 Å². The molecule has 1 aromatic heterocycles. The van der Waals surface area contributed by atoms with Gasteiger partial charge in [0.05, 0.1) is 12.2 Å². The van der Waals surface area contributed by atoms with Crippen LogP contribution < -0.4 is 4.90 Å². The highest BCUT2D eigenvalue weighted by atomic mass is 32.1. The number of benzene rings is 1. The molecule has 2 atom stereocenters. The molecule has 0 saturated carbocycles. The van der Waals surface area contributed by atoms with E-state index in [1.54, 1.807) is 12.1 Å². The number of carbonyl (C=O) groups excluding carboxylic acids is 1. The smallest absolute Gasteiger partial charge is 0.326 e. The minimum Gasteiger partial charge on any atom is -0.480 e. The molecule has 0 aliphatic rings. The third-order valence-electron chi connectivity index (χ3n) is 3.62. The van der Waals surface area contributed by atoms with E-state index >= 15 is 0 Å². The molecule has 0 bridgehead atoms. The van der Waals surface area contributed by atoms with Crippen LogP contribution in [0.15, 0.2) is 53.1 Å². The Morgan fingerprint density at radius 2 is 1.91 bits per heavy atom. The number of anilines is 1. The zero-order valence-electron chi connectivity index (χ0n) is 12.8. The van der Waals surface area contributed by atoms with Gasteiger partial charge in [-0.1, -0.05) is 30.3 Å². The molecule has 1 N–H and O–H groups in total. The Kier molecular flexibility index (Phi) is 5.87. The summed E-state index contributed by atoms with van der Waals surface area (Å²) in [5.74, 6) is -1.30. The summed E-state index contributed by atoms with van der Waals surface area (Å²) in [4.78, 5) is 25.4. The van der Waals surface area contributed by atoms with Gasteiger partial charge in [0.2, 0.25) is 11.8 Å². The highest BCUT2D eigenvalue weighted by Crippen LogP contribution is 2.23. The quantitative estimate of drug-likeness (QED) is 0.764. The first-order chi connectivity index (χ1) is 11.0. The van der Waals surface area contributed by atoms with E-state index in [2.05, 4.69) is 12.6 Å². The Balaban J connectivity index is 2.26. The van der Waals surface area contributed by atoms with Gasteiger partial charge in [-0.15, -0.1) is 0 Å². The van der Waals surface area contributed by atoms with Crippen molar-refractivity contribution in [1.29, 1.82) is 0 Å². The van der Waals surface area contributed by atoms with Gasteiger partial charge < -0.3 is 9.52 Å². The number of nitrogens with zero attached hydrogens (tertiary/aromatic N) is 1. The highest BCUT2D eigenvalue weighted by molar-refractivity contribution is 7.80. The molecule has 0 radical (unpaired) electrons. The second kappa shape index (κ2) is 7.87. The zero-order valence-corrected chi connectivity index (χ0v) is 13.6. The van der Waals surface area contributed by atoms with Gasteiger partial charge in [0, 0.05) is 11.8 Å². The normalized spacial score (nSPS) is 13.3. The maximum absolute atomic E-state index is 12.9. The van der Waals surface area contributed by atoms with Crippen LogP contribution in [0.5, 0.6) is 0 Å². The molecule has 122 valence electrons. The van der Waals surface area contributed by atoms with Gasteiger partial charge in [-0.25, -0.2) is 4.79 Å². The first kappa shape index (κ1) is 17.1. The molecule has 1 aromatic carbocycles. The molecule has 1 amide bonds. The molecule has 1 heterocycles. The van der Waals surface area contributed by atoms with Crippen molar-refractivity contribution >= 4 is 30.4 Å². The van der Waals surface area contributed by atoms with Crippen LogP contribution >= 0.6 is 12.6 Å². The van der Waals surface area contributed by atoms with E-state index in [1.165, 1.54) is 18.1 Å². The van der Waals surface area contributed by atoms with Crippen LogP contribution in [0.25, 0.3) is 0 Å². The zero-order chi connectivity index (χ0) is 16.8. The van der Waals surface area contributed by atoms with Crippen LogP contribution in [0.4, 0.5) is 5.88 Å². The summed E-state index contributed by atoms with van der Waals surface area (Å²) < 4.78 is 5.25. The topological polar surface area (TPSA) is 70.8 Å². The molecule has 2 rings (SSSR count). The largest absolute Gasteiger partial charge is 0.480 e. The van der Waals surface area contributed by atoms with Crippen molar-refractivity contribution in [1.82, 2.24) is 0 Å².